The number of nitrogens with zero attached hydrogens (tertiary/aromatic N) is 1. The van der Waals surface area contributed by atoms with E-state index in [0.29, 0.717) is 11.4 Å². The van der Waals surface area contributed by atoms with Crippen molar-refractivity contribution < 1.29 is 4.74 Å². The van der Waals surface area contributed by atoms with Crippen LogP contribution < -0.4 is 10.5 Å². The average Bonchev–Trinajstić information content (AvgIpc) is 2.41. The lowest BCUT2D eigenvalue weighted by Gasteiger charge is -2.18. The molecule has 0 aliphatic rings. The topological polar surface area (TPSA) is 38.5 Å². The van der Waals surface area contributed by atoms with Gasteiger partial charge in [0.1, 0.15) is 0 Å². The highest BCUT2D eigenvalue weighted by molar-refractivity contribution is 5.55. The highest BCUT2D eigenvalue weighted by atomic mass is 16.5. The largest absolute Gasteiger partial charge is 0.439 e. The van der Waals surface area contributed by atoms with Crippen LogP contribution in [0.5, 0.6) is 5.75 Å². The lowest BCUT2D eigenvalue weighted by Crippen LogP contribution is -2.16. The van der Waals surface area contributed by atoms with E-state index in [1.807, 2.05) is 79.7 Å². The number of anilines is 1. The normalized spacial score (nSPS) is 11.2. The standard InChI is InChI=1S/C16H18N2O/c1-18(2)16(12-13-8-4-3-5-9-13)19-15-11-7-6-10-14(15)17/h3-12H,17H2,1-2H3/b16-12+. The van der Waals surface area contributed by atoms with Crippen LogP contribution in [0.25, 0.3) is 6.08 Å². The van der Waals surface area contributed by atoms with Gasteiger partial charge in [0.05, 0.1) is 5.69 Å². The molecule has 0 spiro atoms. The molecule has 98 valence electrons. The third-order valence-corrected chi connectivity index (χ3v) is 2.66. The summed E-state index contributed by atoms with van der Waals surface area (Å²) in [5.41, 5.74) is 7.60. The second-order valence-electron chi connectivity index (χ2n) is 4.43. The van der Waals surface area contributed by atoms with Crippen LogP contribution >= 0.6 is 0 Å². The Balaban J connectivity index is 2.27. The van der Waals surface area contributed by atoms with Gasteiger partial charge < -0.3 is 15.4 Å². The summed E-state index contributed by atoms with van der Waals surface area (Å²) >= 11 is 0. The highest BCUT2D eigenvalue weighted by Crippen LogP contribution is 2.23. The molecule has 0 bridgehead atoms. The number of hydrogen-bond acceptors (Lipinski definition) is 3. The Bertz CT molecular complexity index is 562. The van der Waals surface area contributed by atoms with E-state index in [-0.39, 0.29) is 0 Å². The van der Waals surface area contributed by atoms with Crippen molar-refractivity contribution in [2.75, 3.05) is 19.8 Å². The van der Waals surface area contributed by atoms with Gasteiger partial charge in [-0.25, -0.2) is 0 Å². The third kappa shape index (κ3) is 3.52. The van der Waals surface area contributed by atoms with Crippen molar-refractivity contribution in [1.82, 2.24) is 4.90 Å². The fraction of sp³-hybridized carbons (Fsp3) is 0.125. The Morgan fingerprint density at radius 3 is 2.26 bits per heavy atom. The number of hydrogen-bond donors (Lipinski definition) is 1. The Kier molecular flexibility index (Phi) is 4.08. The molecule has 3 heteroatoms. The summed E-state index contributed by atoms with van der Waals surface area (Å²) in [7, 11) is 3.88. The minimum atomic E-state index is 0.628. The molecule has 0 heterocycles. The molecule has 2 N–H and O–H groups in total. The predicted octanol–water partition coefficient (Wildman–Crippen LogP) is 3.21. The van der Waals surface area contributed by atoms with Crippen molar-refractivity contribution >= 4 is 11.8 Å². The molecule has 0 aliphatic carbocycles. The molecule has 0 saturated carbocycles. The first-order valence-electron chi connectivity index (χ1n) is 6.13. The molecule has 0 atom stereocenters. The van der Waals surface area contributed by atoms with Crippen LogP contribution in [0.15, 0.2) is 60.5 Å². The molecule has 2 rings (SSSR count). The monoisotopic (exact) mass is 254 g/mol. The third-order valence-electron chi connectivity index (χ3n) is 2.66. The van der Waals surface area contributed by atoms with Gasteiger partial charge in [0.25, 0.3) is 0 Å². The second kappa shape index (κ2) is 5.96. The zero-order valence-electron chi connectivity index (χ0n) is 11.2. The van der Waals surface area contributed by atoms with E-state index in [0.717, 1.165) is 11.4 Å². The maximum absolute atomic E-state index is 5.89. The SMILES string of the molecule is CN(C)/C(=C\c1ccccc1)Oc1ccccc1N. The Hall–Kier alpha value is -2.42. The van der Waals surface area contributed by atoms with Gasteiger partial charge in [-0.2, -0.15) is 0 Å². The van der Waals surface area contributed by atoms with Crippen LogP contribution in [-0.2, 0) is 0 Å². The van der Waals surface area contributed by atoms with Gasteiger partial charge in [0.2, 0.25) is 0 Å². The Labute approximate surface area is 113 Å². The van der Waals surface area contributed by atoms with E-state index in [1.165, 1.54) is 0 Å². The van der Waals surface area contributed by atoms with Crippen LogP contribution in [-0.4, -0.2) is 19.0 Å². The number of benzene rings is 2. The quantitative estimate of drug-likeness (QED) is 0.672. The van der Waals surface area contributed by atoms with Gasteiger partial charge in [-0.05, 0) is 17.7 Å². The van der Waals surface area contributed by atoms with Crippen molar-refractivity contribution in [2.24, 2.45) is 0 Å². The molecular weight excluding hydrogens is 236 g/mol. The summed E-state index contributed by atoms with van der Waals surface area (Å²) < 4.78 is 5.87. The molecule has 2 aromatic rings. The van der Waals surface area contributed by atoms with Gasteiger partial charge in [-0.15, -0.1) is 0 Å². The van der Waals surface area contributed by atoms with Crippen LogP contribution in [0.2, 0.25) is 0 Å². The first kappa shape index (κ1) is 13.0. The summed E-state index contributed by atoms with van der Waals surface area (Å²) in [6.45, 7) is 0. The first-order chi connectivity index (χ1) is 9.16. The van der Waals surface area contributed by atoms with Gasteiger partial charge in [-0.3, -0.25) is 0 Å². The predicted molar refractivity (Wildman–Crippen MR) is 79.6 cm³/mol. The maximum atomic E-state index is 5.89. The number of ether oxygens (including phenoxy) is 1. The molecular formula is C16H18N2O. The van der Waals surface area contributed by atoms with E-state index in [1.54, 1.807) is 0 Å². The lowest BCUT2D eigenvalue weighted by molar-refractivity contribution is 0.287. The fourth-order valence-corrected chi connectivity index (χ4v) is 1.63. The minimum absolute atomic E-state index is 0.628. The molecule has 0 amide bonds. The molecule has 3 nitrogen and oxygen atoms in total. The van der Waals surface area contributed by atoms with Crippen LogP contribution in [0.4, 0.5) is 5.69 Å². The van der Waals surface area contributed by atoms with Crippen LogP contribution in [0, 0.1) is 0 Å². The molecule has 0 aliphatic heterocycles. The number of rotatable bonds is 4. The highest BCUT2D eigenvalue weighted by Gasteiger charge is 2.06. The minimum Gasteiger partial charge on any atom is -0.439 e. The van der Waals surface area contributed by atoms with Crippen LogP contribution in [0.1, 0.15) is 5.56 Å². The summed E-state index contributed by atoms with van der Waals surface area (Å²) in [5.74, 6) is 1.41. The van der Waals surface area contributed by atoms with Gasteiger partial charge in [0, 0.05) is 20.2 Å². The Morgan fingerprint density at radius 1 is 1.00 bits per heavy atom. The zero-order chi connectivity index (χ0) is 13.7. The number of nitrogens with two attached hydrogens (primary N) is 1. The molecule has 0 radical (unpaired) electrons. The van der Waals surface area contributed by atoms with Crippen molar-refractivity contribution in [1.29, 1.82) is 0 Å². The molecule has 0 fully saturated rings. The van der Waals surface area contributed by atoms with Crippen molar-refractivity contribution in [3.05, 3.63) is 66.0 Å². The van der Waals surface area contributed by atoms with Crippen molar-refractivity contribution in [2.45, 2.75) is 0 Å². The summed E-state index contributed by atoms with van der Waals surface area (Å²) in [4.78, 5) is 1.92. The molecule has 2 aromatic carbocycles. The summed E-state index contributed by atoms with van der Waals surface area (Å²) in [6.07, 6.45) is 1.98. The summed E-state index contributed by atoms with van der Waals surface area (Å²) in [6, 6.07) is 17.5. The van der Waals surface area contributed by atoms with E-state index in [4.69, 9.17) is 10.5 Å². The van der Waals surface area contributed by atoms with Gasteiger partial charge in [-0.1, -0.05) is 42.5 Å². The molecule has 0 aromatic heterocycles. The first-order valence-corrected chi connectivity index (χ1v) is 6.13. The molecule has 0 unspecified atom stereocenters. The Morgan fingerprint density at radius 2 is 1.63 bits per heavy atom. The molecule has 0 saturated heterocycles. The smallest absolute Gasteiger partial charge is 0.196 e. The lowest BCUT2D eigenvalue weighted by atomic mass is 10.2. The zero-order valence-corrected chi connectivity index (χ0v) is 11.2. The van der Waals surface area contributed by atoms with E-state index in [2.05, 4.69) is 0 Å². The van der Waals surface area contributed by atoms with Crippen molar-refractivity contribution in [3.8, 4) is 5.75 Å². The molecule has 19 heavy (non-hydrogen) atoms. The van der Waals surface area contributed by atoms with Crippen LogP contribution in [0.3, 0.4) is 0 Å². The summed E-state index contributed by atoms with van der Waals surface area (Å²) in [5, 5.41) is 0. The fourth-order valence-electron chi connectivity index (χ4n) is 1.63. The second-order valence-corrected chi connectivity index (χ2v) is 4.43. The van der Waals surface area contributed by atoms with Gasteiger partial charge >= 0.3 is 0 Å². The average molecular weight is 254 g/mol. The van der Waals surface area contributed by atoms with Crippen molar-refractivity contribution in [3.63, 3.8) is 0 Å². The van der Waals surface area contributed by atoms with E-state index in [9.17, 15) is 0 Å². The maximum Gasteiger partial charge on any atom is 0.196 e. The van der Waals surface area contributed by atoms with Gasteiger partial charge in [0.15, 0.2) is 11.6 Å². The number of para-hydroxylation sites is 2. The number of nitrogen functional groups attached to an aromatic ring is 1. The van der Waals surface area contributed by atoms with E-state index >= 15 is 0 Å². The van der Waals surface area contributed by atoms with E-state index < -0.39 is 0 Å².